The first-order valence-electron chi connectivity index (χ1n) is 7.70. The Morgan fingerprint density at radius 3 is 2.73 bits per heavy atom. The predicted molar refractivity (Wildman–Crippen MR) is 84.9 cm³/mol. The predicted octanol–water partition coefficient (Wildman–Crippen LogP) is 1.09. The number of nitrogens with zero attached hydrogens (tertiary/aromatic N) is 1. The SMILES string of the molecule is C=CC(C1OCc2ccccc21)N1CCC(N)(C(N)=O)CC1. The van der Waals surface area contributed by atoms with Crippen molar-refractivity contribution in [2.24, 2.45) is 11.5 Å². The number of primary amides is 1. The van der Waals surface area contributed by atoms with Gasteiger partial charge in [0.15, 0.2) is 0 Å². The lowest BCUT2D eigenvalue weighted by molar-refractivity contribution is -0.125. The van der Waals surface area contributed by atoms with Crippen LogP contribution in [0.15, 0.2) is 36.9 Å². The van der Waals surface area contributed by atoms with Crippen molar-refractivity contribution < 1.29 is 9.53 Å². The molecule has 1 fully saturated rings. The Bertz CT molecular complexity index is 579. The fourth-order valence-electron chi connectivity index (χ4n) is 3.43. The normalized spacial score (nSPS) is 25.4. The van der Waals surface area contributed by atoms with E-state index < -0.39 is 11.4 Å². The smallest absolute Gasteiger partial charge is 0.237 e. The number of amides is 1. The van der Waals surface area contributed by atoms with Crippen LogP contribution in [0, 0.1) is 0 Å². The number of rotatable bonds is 4. The van der Waals surface area contributed by atoms with Crippen LogP contribution in [-0.4, -0.2) is 35.5 Å². The third-order valence-electron chi connectivity index (χ3n) is 4.93. The van der Waals surface area contributed by atoms with Crippen molar-refractivity contribution in [2.45, 2.75) is 37.1 Å². The molecule has 0 bridgehead atoms. The van der Waals surface area contributed by atoms with Crippen molar-refractivity contribution in [3.8, 4) is 0 Å². The molecule has 1 aromatic rings. The summed E-state index contributed by atoms with van der Waals surface area (Å²) in [5.41, 5.74) is 13.1. The van der Waals surface area contributed by atoms with Gasteiger partial charge >= 0.3 is 0 Å². The second-order valence-electron chi connectivity index (χ2n) is 6.21. The van der Waals surface area contributed by atoms with Crippen LogP contribution in [0.25, 0.3) is 0 Å². The van der Waals surface area contributed by atoms with Crippen LogP contribution in [0.3, 0.4) is 0 Å². The third-order valence-corrected chi connectivity index (χ3v) is 4.93. The topological polar surface area (TPSA) is 81.6 Å². The molecule has 2 aliphatic heterocycles. The number of likely N-dealkylation sites (tertiary alicyclic amines) is 1. The standard InChI is InChI=1S/C17H23N3O2/c1-2-14(15-13-6-4-3-5-12(13)11-22-15)20-9-7-17(19,8-10-20)16(18)21/h2-6,14-15H,1,7-11,19H2,(H2,18,21). The first-order valence-corrected chi connectivity index (χ1v) is 7.70. The molecule has 2 atom stereocenters. The molecule has 0 saturated carbocycles. The molecule has 5 heteroatoms. The first kappa shape index (κ1) is 15.2. The first-order chi connectivity index (χ1) is 10.5. The van der Waals surface area contributed by atoms with E-state index in [0.717, 1.165) is 13.1 Å². The van der Waals surface area contributed by atoms with Crippen molar-refractivity contribution in [3.63, 3.8) is 0 Å². The van der Waals surface area contributed by atoms with E-state index in [1.807, 2.05) is 18.2 Å². The molecule has 1 aromatic carbocycles. The summed E-state index contributed by atoms with van der Waals surface area (Å²) < 4.78 is 5.99. The monoisotopic (exact) mass is 301 g/mol. The molecular formula is C17H23N3O2. The quantitative estimate of drug-likeness (QED) is 0.816. The number of carbonyl (C=O) groups is 1. The zero-order valence-electron chi connectivity index (χ0n) is 12.7. The summed E-state index contributed by atoms with van der Waals surface area (Å²) >= 11 is 0. The van der Waals surface area contributed by atoms with Gasteiger partial charge in [-0.05, 0) is 24.0 Å². The van der Waals surface area contributed by atoms with Crippen molar-refractivity contribution in [1.82, 2.24) is 4.90 Å². The minimum absolute atomic E-state index is 0.00690. The average Bonchev–Trinajstić information content (AvgIpc) is 2.94. The highest BCUT2D eigenvalue weighted by Crippen LogP contribution is 2.36. The van der Waals surface area contributed by atoms with Gasteiger partial charge in [0.25, 0.3) is 0 Å². The Balaban J connectivity index is 1.74. The summed E-state index contributed by atoms with van der Waals surface area (Å²) in [6, 6.07) is 8.37. The van der Waals surface area contributed by atoms with Gasteiger partial charge in [0.1, 0.15) is 6.10 Å². The Labute approximate surface area is 130 Å². The fraction of sp³-hybridized carbons (Fsp3) is 0.471. The van der Waals surface area contributed by atoms with Crippen LogP contribution >= 0.6 is 0 Å². The number of hydrogen-bond donors (Lipinski definition) is 2. The van der Waals surface area contributed by atoms with Crippen molar-refractivity contribution >= 4 is 5.91 Å². The van der Waals surface area contributed by atoms with Gasteiger partial charge < -0.3 is 16.2 Å². The molecular weight excluding hydrogens is 278 g/mol. The lowest BCUT2D eigenvalue weighted by Gasteiger charge is -2.41. The van der Waals surface area contributed by atoms with Gasteiger partial charge in [0.2, 0.25) is 5.91 Å². The Morgan fingerprint density at radius 2 is 2.09 bits per heavy atom. The summed E-state index contributed by atoms with van der Waals surface area (Å²) in [6.45, 7) is 6.06. The molecule has 2 aliphatic rings. The number of carbonyl (C=O) groups excluding carboxylic acids is 1. The number of hydrogen-bond acceptors (Lipinski definition) is 4. The fourth-order valence-corrected chi connectivity index (χ4v) is 3.43. The van der Waals surface area contributed by atoms with Gasteiger partial charge in [-0.3, -0.25) is 9.69 Å². The highest BCUT2D eigenvalue weighted by atomic mass is 16.5. The van der Waals surface area contributed by atoms with E-state index in [2.05, 4.69) is 23.6 Å². The Kier molecular flexibility index (Phi) is 4.04. The lowest BCUT2D eigenvalue weighted by Crippen LogP contribution is -2.59. The van der Waals surface area contributed by atoms with E-state index >= 15 is 0 Å². The van der Waals surface area contributed by atoms with Crippen LogP contribution < -0.4 is 11.5 Å². The molecule has 118 valence electrons. The molecule has 0 aromatic heterocycles. The van der Waals surface area contributed by atoms with E-state index in [-0.39, 0.29) is 12.1 Å². The van der Waals surface area contributed by atoms with E-state index in [9.17, 15) is 4.79 Å². The van der Waals surface area contributed by atoms with Crippen LogP contribution in [0.4, 0.5) is 0 Å². The van der Waals surface area contributed by atoms with Crippen LogP contribution in [0.2, 0.25) is 0 Å². The number of ether oxygens (including phenoxy) is 1. The van der Waals surface area contributed by atoms with Crippen LogP contribution in [0.5, 0.6) is 0 Å². The maximum atomic E-state index is 11.5. The lowest BCUT2D eigenvalue weighted by atomic mass is 9.86. The molecule has 5 nitrogen and oxygen atoms in total. The highest BCUT2D eigenvalue weighted by molar-refractivity contribution is 5.84. The molecule has 22 heavy (non-hydrogen) atoms. The summed E-state index contributed by atoms with van der Waals surface area (Å²) in [6.07, 6.45) is 3.07. The molecule has 0 spiro atoms. The van der Waals surface area contributed by atoms with Crippen molar-refractivity contribution in [1.29, 1.82) is 0 Å². The van der Waals surface area contributed by atoms with E-state index in [0.29, 0.717) is 19.4 Å². The minimum Gasteiger partial charge on any atom is -0.368 e. The Morgan fingerprint density at radius 1 is 1.41 bits per heavy atom. The maximum absolute atomic E-state index is 11.5. The summed E-state index contributed by atoms with van der Waals surface area (Å²) in [7, 11) is 0. The van der Waals surface area contributed by atoms with Gasteiger partial charge in [-0.25, -0.2) is 0 Å². The number of piperidine rings is 1. The third kappa shape index (κ3) is 2.56. The largest absolute Gasteiger partial charge is 0.368 e. The zero-order chi connectivity index (χ0) is 15.7. The highest BCUT2D eigenvalue weighted by Gasteiger charge is 2.40. The average molecular weight is 301 g/mol. The van der Waals surface area contributed by atoms with Crippen molar-refractivity contribution in [3.05, 3.63) is 48.0 Å². The van der Waals surface area contributed by atoms with Crippen LogP contribution in [0.1, 0.15) is 30.1 Å². The number of fused-ring (bicyclic) bond motifs is 1. The van der Waals surface area contributed by atoms with Gasteiger partial charge in [-0.15, -0.1) is 6.58 Å². The second kappa shape index (κ2) is 5.83. The van der Waals surface area contributed by atoms with Gasteiger partial charge in [0, 0.05) is 13.1 Å². The van der Waals surface area contributed by atoms with Gasteiger partial charge in [-0.2, -0.15) is 0 Å². The summed E-state index contributed by atoms with van der Waals surface area (Å²) in [4.78, 5) is 13.8. The zero-order valence-corrected chi connectivity index (χ0v) is 12.7. The van der Waals surface area contributed by atoms with Gasteiger partial charge in [0.05, 0.1) is 18.2 Å². The molecule has 1 saturated heterocycles. The molecule has 0 radical (unpaired) electrons. The summed E-state index contributed by atoms with van der Waals surface area (Å²) in [5.74, 6) is -0.412. The van der Waals surface area contributed by atoms with E-state index in [1.54, 1.807) is 0 Å². The molecule has 2 heterocycles. The van der Waals surface area contributed by atoms with Crippen molar-refractivity contribution in [2.75, 3.05) is 13.1 Å². The second-order valence-corrected chi connectivity index (χ2v) is 6.21. The van der Waals surface area contributed by atoms with Crippen LogP contribution in [-0.2, 0) is 16.1 Å². The minimum atomic E-state index is -0.878. The number of nitrogens with two attached hydrogens (primary N) is 2. The molecule has 3 rings (SSSR count). The maximum Gasteiger partial charge on any atom is 0.237 e. The molecule has 2 unspecified atom stereocenters. The Hall–Kier alpha value is -1.69. The molecule has 4 N–H and O–H groups in total. The number of benzene rings is 1. The van der Waals surface area contributed by atoms with Gasteiger partial charge in [-0.1, -0.05) is 30.3 Å². The molecule has 1 amide bonds. The summed E-state index contributed by atoms with van der Waals surface area (Å²) in [5, 5.41) is 0. The van der Waals surface area contributed by atoms with E-state index in [1.165, 1.54) is 11.1 Å². The molecule has 0 aliphatic carbocycles. The van der Waals surface area contributed by atoms with E-state index in [4.69, 9.17) is 16.2 Å².